The van der Waals surface area contributed by atoms with Gasteiger partial charge in [0.1, 0.15) is 5.75 Å². The maximum atomic E-state index is 12.4. The normalized spacial score (nSPS) is 10.3. The van der Waals surface area contributed by atoms with Gasteiger partial charge in [-0.1, -0.05) is 11.6 Å². The van der Waals surface area contributed by atoms with Crippen molar-refractivity contribution in [1.82, 2.24) is 15.3 Å². The van der Waals surface area contributed by atoms with Gasteiger partial charge in [0.25, 0.3) is 5.91 Å². The number of benzene rings is 1. The molecule has 2 aromatic heterocycles. The lowest BCUT2D eigenvalue weighted by Gasteiger charge is -2.10. The van der Waals surface area contributed by atoms with Gasteiger partial charge < -0.3 is 10.1 Å². The van der Waals surface area contributed by atoms with Crippen LogP contribution in [0.1, 0.15) is 15.9 Å². The standard InChI is InChI=1S/C19H16ClN3O2/c1-25-18-3-2-15(20)11-16(18)19(24)23-12-13-4-9-22-17(10-13)14-5-7-21-8-6-14/h2-11H,12H2,1H3,(H,23,24). The molecule has 3 rings (SSSR count). The van der Waals surface area contributed by atoms with Crippen molar-refractivity contribution >= 4 is 17.5 Å². The highest BCUT2D eigenvalue weighted by Crippen LogP contribution is 2.22. The van der Waals surface area contributed by atoms with Crippen molar-refractivity contribution in [3.05, 3.63) is 77.2 Å². The van der Waals surface area contributed by atoms with Crippen LogP contribution >= 0.6 is 11.6 Å². The Hall–Kier alpha value is -2.92. The number of ether oxygens (including phenoxy) is 1. The number of carbonyl (C=O) groups excluding carboxylic acids is 1. The highest BCUT2D eigenvalue weighted by Gasteiger charge is 2.13. The Kier molecular flexibility index (Phi) is 5.26. The number of rotatable bonds is 5. The monoisotopic (exact) mass is 353 g/mol. The lowest BCUT2D eigenvalue weighted by Crippen LogP contribution is -2.23. The molecule has 1 N–H and O–H groups in total. The summed E-state index contributed by atoms with van der Waals surface area (Å²) in [7, 11) is 1.52. The summed E-state index contributed by atoms with van der Waals surface area (Å²) in [5.74, 6) is 0.232. The first-order valence-electron chi connectivity index (χ1n) is 7.64. The predicted molar refractivity (Wildman–Crippen MR) is 96.6 cm³/mol. The fraction of sp³-hybridized carbons (Fsp3) is 0.105. The smallest absolute Gasteiger partial charge is 0.255 e. The molecule has 6 heteroatoms. The van der Waals surface area contributed by atoms with Crippen LogP contribution in [0.2, 0.25) is 5.02 Å². The number of nitrogens with one attached hydrogen (secondary N) is 1. The van der Waals surface area contributed by atoms with E-state index in [2.05, 4.69) is 15.3 Å². The van der Waals surface area contributed by atoms with E-state index < -0.39 is 0 Å². The van der Waals surface area contributed by atoms with E-state index in [4.69, 9.17) is 16.3 Å². The second-order valence-electron chi connectivity index (χ2n) is 5.31. The first-order valence-corrected chi connectivity index (χ1v) is 8.02. The molecule has 1 amide bonds. The van der Waals surface area contributed by atoms with Crippen LogP contribution in [0, 0.1) is 0 Å². The van der Waals surface area contributed by atoms with Crippen molar-refractivity contribution in [3.8, 4) is 17.0 Å². The van der Waals surface area contributed by atoms with E-state index in [1.165, 1.54) is 7.11 Å². The fourth-order valence-electron chi connectivity index (χ4n) is 2.40. The SMILES string of the molecule is COc1ccc(Cl)cc1C(=O)NCc1ccnc(-c2ccncc2)c1. The van der Waals surface area contributed by atoms with Crippen molar-refractivity contribution in [3.63, 3.8) is 0 Å². The number of hydrogen-bond donors (Lipinski definition) is 1. The molecule has 0 radical (unpaired) electrons. The maximum Gasteiger partial charge on any atom is 0.255 e. The average Bonchev–Trinajstić information content (AvgIpc) is 2.67. The minimum Gasteiger partial charge on any atom is -0.496 e. The first-order chi connectivity index (χ1) is 12.2. The van der Waals surface area contributed by atoms with Crippen LogP contribution in [0.25, 0.3) is 11.3 Å². The fourth-order valence-corrected chi connectivity index (χ4v) is 2.57. The van der Waals surface area contributed by atoms with Crippen molar-refractivity contribution in [2.75, 3.05) is 7.11 Å². The van der Waals surface area contributed by atoms with Gasteiger partial charge in [-0.2, -0.15) is 0 Å². The summed E-state index contributed by atoms with van der Waals surface area (Å²) in [6.45, 7) is 0.370. The summed E-state index contributed by atoms with van der Waals surface area (Å²) in [6, 6.07) is 12.5. The number of nitrogens with zero attached hydrogens (tertiary/aromatic N) is 2. The Morgan fingerprint density at radius 3 is 2.68 bits per heavy atom. The molecule has 0 aliphatic rings. The van der Waals surface area contributed by atoms with E-state index >= 15 is 0 Å². The van der Waals surface area contributed by atoms with Crippen molar-refractivity contribution in [1.29, 1.82) is 0 Å². The average molecular weight is 354 g/mol. The quantitative estimate of drug-likeness (QED) is 0.759. The van der Waals surface area contributed by atoms with Gasteiger partial charge in [-0.15, -0.1) is 0 Å². The summed E-state index contributed by atoms with van der Waals surface area (Å²) < 4.78 is 5.22. The van der Waals surface area contributed by atoms with E-state index in [0.29, 0.717) is 22.9 Å². The van der Waals surface area contributed by atoms with E-state index in [1.807, 2.05) is 24.3 Å². The third-order valence-corrected chi connectivity index (χ3v) is 3.89. The summed E-state index contributed by atoms with van der Waals surface area (Å²) in [5.41, 5.74) is 3.14. The molecule has 5 nitrogen and oxygen atoms in total. The summed E-state index contributed by atoms with van der Waals surface area (Å²) in [5, 5.41) is 3.36. The molecule has 0 atom stereocenters. The second-order valence-corrected chi connectivity index (χ2v) is 5.75. The van der Waals surface area contributed by atoms with Crippen LogP contribution in [0.15, 0.2) is 61.1 Å². The second kappa shape index (κ2) is 7.77. The van der Waals surface area contributed by atoms with E-state index in [0.717, 1.165) is 16.8 Å². The Morgan fingerprint density at radius 1 is 1.12 bits per heavy atom. The summed E-state index contributed by atoms with van der Waals surface area (Å²) in [4.78, 5) is 20.8. The summed E-state index contributed by atoms with van der Waals surface area (Å²) in [6.07, 6.45) is 5.16. The predicted octanol–water partition coefficient (Wildman–Crippen LogP) is 3.74. The van der Waals surface area contributed by atoms with Gasteiger partial charge in [0, 0.05) is 35.7 Å². The zero-order valence-corrected chi connectivity index (χ0v) is 14.3. The molecule has 25 heavy (non-hydrogen) atoms. The molecule has 0 aliphatic heterocycles. The molecule has 0 fully saturated rings. The molecule has 0 aliphatic carbocycles. The zero-order chi connectivity index (χ0) is 17.6. The molecular formula is C19H16ClN3O2. The van der Waals surface area contributed by atoms with E-state index in [1.54, 1.807) is 36.8 Å². The summed E-state index contributed by atoms with van der Waals surface area (Å²) >= 11 is 5.97. The number of methoxy groups -OCH3 is 1. The van der Waals surface area contributed by atoms with Gasteiger partial charge in [0.15, 0.2) is 0 Å². The van der Waals surface area contributed by atoms with E-state index in [-0.39, 0.29) is 5.91 Å². The molecule has 2 heterocycles. The molecule has 0 saturated heterocycles. The number of carbonyl (C=O) groups is 1. The van der Waals surface area contributed by atoms with Gasteiger partial charge in [-0.25, -0.2) is 0 Å². The van der Waals surface area contributed by atoms with Gasteiger partial charge in [0.05, 0.1) is 18.4 Å². The molecule has 3 aromatic rings. The number of halogens is 1. The van der Waals surface area contributed by atoms with Crippen LogP contribution < -0.4 is 10.1 Å². The Labute approximate surface area is 150 Å². The Balaban J connectivity index is 1.74. The number of hydrogen-bond acceptors (Lipinski definition) is 4. The van der Waals surface area contributed by atoms with Crippen LogP contribution in [0.3, 0.4) is 0 Å². The lowest BCUT2D eigenvalue weighted by molar-refractivity contribution is 0.0948. The third kappa shape index (κ3) is 4.14. The van der Waals surface area contributed by atoms with Crippen LogP contribution in [-0.2, 0) is 6.54 Å². The van der Waals surface area contributed by atoms with Crippen LogP contribution in [0.4, 0.5) is 0 Å². The number of amides is 1. The third-order valence-electron chi connectivity index (χ3n) is 3.66. The van der Waals surface area contributed by atoms with E-state index in [9.17, 15) is 4.79 Å². The highest BCUT2D eigenvalue weighted by molar-refractivity contribution is 6.31. The number of pyridine rings is 2. The lowest BCUT2D eigenvalue weighted by atomic mass is 10.1. The minimum atomic E-state index is -0.248. The van der Waals surface area contributed by atoms with Crippen LogP contribution in [0.5, 0.6) is 5.75 Å². The van der Waals surface area contributed by atoms with Gasteiger partial charge in [0.2, 0.25) is 0 Å². The van der Waals surface area contributed by atoms with Crippen molar-refractivity contribution < 1.29 is 9.53 Å². The molecular weight excluding hydrogens is 338 g/mol. The molecule has 0 bridgehead atoms. The molecule has 0 spiro atoms. The zero-order valence-electron chi connectivity index (χ0n) is 13.6. The van der Waals surface area contributed by atoms with Gasteiger partial charge >= 0.3 is 0 Å². The molecule has 0 unspecified atom stereocenters. The van der Waals surface area contributed by atoms with Gasteiger partial charge in [-0.3, -0.25) is 14.8 Å². The Morgan fingerprint density at radius 2 is 1.92 bits per heavy atom. The minimum absolute atomic E-state index is 0.248. The van der Waals surface area contributed by atoms with Crippen molar-refractivity contribution in [2.24, 2.45) is 0 Å². The largest absolute Gasteiger partial charge is 0.496 e. The number of aromatic nitrogens is 2. The highest BCUT2D eigenvalue weighted by atomic mass is 35.5. The van der Waals surface area contributed by atoms with Gasteiger partial charge in [-0.05, 0) is 48.0 Å². The van der Waals surface area contributed by atoms with Crippen molar-refractivity contribution in [2.45, 2.75) is 6.54 Å². The topological polar surface area (TPSA) is 64.1 Å². The molecule has 126 valence electrons. The maximum absolute atomic E-state index is 12.4. The first kappa shape index (κ1) is 16.9. The Bertz CT molecular complexity index is 885. The molecule has 1 aromatic carbocycles. The molecule has 0 saturated carbocycles. The van der Waals surface area contributed by atoms with Crippen LogP contribution in [-0.4, -0.2) is 23.0 Å².